The van der Waals surface area contributed by atoms with Crippen molar-refractivity contribution in [2.45, 2.75) is 24.2 Å². The average molecular weight is 352 g/mol. The zero-order valence-corrected chi connectivity index (χ0v) is 15.2. The summed E-state index contributed by atoms with van der Waals surface area (Å²) in [5, 5.41) is 4.96. The van der Waals surface area contributed by atoms with Crippen LogP contribution in [-0.2, 0) is 4.79 Å². The molecule has 1 N–H and O–H groups in total. The van der Waals surface area contributed by atoms with Crippen LogP contribution in [-0.4, -0.2) is 30.9 Å². The molecule has 1 atom stereocenters. The molecule has 0 radical (unpaired) electrons. The Morgan fingerprint density at radius 3 is 2.78 bits per heavy atom. The minimum atomic E-state index is -0.175. The van der Waals surface area contributed by atoms with Gasteiger partial charge in [0.15, 0.2) is 4.34 Å². The van der Waals surface area contributed by atoms with E-state index in [1.54, 1.807) is 25.6 Å². The zero-order valence-electron chi connectivity index (χ0n) is 13.6. The number of aromatic nitrogens is 1. The smallest absolute Gasteiger partial charge is 0.230 e. The highest BCUT2D eigenvalue weighted by atomic mass is 32.2. The van der Waals surface area contributed by atoms with Crippen molar-refractivity contribution in [2.75, 3.05) is 20.0 Å². The summed E-state index contributed by atoms with van der Waals surface area (Å²) in [6.07, 6.45) is 0. The van der Waals surface area contributed by atoms with Crippen LogP contribution < -0.4 is 14.8 Å². The molecule has 0 fully saturated rings. The van der Waals surface area contributed by atoms with Gasteiger partial charge in [0.1, 0.15) is 11.5 Å². The first kappa shape index (κ1) is 17.6. The van der Waals surface area contributed by atoms with Gasteiger partial charge in [0, 0.05) is 16.6 Å². The maximum atomic E-state index is 12.1. The van der Waals surface area contributed by atoms with Crippen molar-refractivity contribution in [3.8, 4) is 11.5 Å². The standard InChI is InChI=1S/C16H20N2O3S2/c1-10-8-22-16(17-10)23-9-15(19)18-11(2)13-7-12(20-3)5-6-14(13)21-4/h5-8,11H,9H2,1-4H3,(H,18,19). The van der Waals surface area contributed by atoms with Crippen molar-refractivity contribution in [1.29, 1.82) is 0 Å². The van der Waals surface area contributed by atoms with Crippen LogP contribution in [0.2, 0.25) is 0 Å². The number of methoxy groups -OCH3 is 2. The van der Waals surface area contributed by atoms with E-state index in [4.69, 9.17) is 9.47 Å². The summed E-state index contributed by atoms with van der Waals surface area (Å²) in [6.45, 7) is 3.87. The molecule has 2 rings (SSSR count). The van der Waals surface area contributed by atoms with Gasteiger partial charge >= 0.3 is 0 Å². The summed E-state index contributed by atoms with van der Waals surface area (Å²) in [7, 11) is 3.22. The molecule has 0 saturated carbocycles. The predicted molar refractivity (Wildman–Crippen MR) is 93.7 cm³/mol. The number of hydrogen-bond donors (Lipinski definition) is 1. The molecule has 1 amide bonds. The molecule has 124 valence electrons. The number of carbonyl (C=O) groups excluding carboxylic acids is 1. The summed E-state index contributed by atoms with van der Waals surface area (Å²) in [4.78, 5) is 16.5. The Bertz CT molecular complexity index is 673. The van der Waals surface area contributed by atoms with Crippen molar-refractivity contribution in [3.63, 3.8) is 0 Å². The van der Waals surface area contributed by atoms with Crippen LogP contribution in [0.25, 0.3) is 0 Å². The second-order valence-corrected chi connectivity index (χ2v) is 7.02. The number of nitrogens with one attached hydrogen (secondary N) is 1. The fourth-order valence-corrected chi connectivity index (χ4v) is 3.73. The molecule has 1 heterocycles. The van der Waals surface area contributed by atoms with Crippen molar-refractivity contribution in [2.24, 2.45) is 0 Å². The molecule has 1 unspecified atom stereocenters. The zero-order chi connectivity index (χ0) is 16.8. The summed E-state index contributed by atoms with van der Waals surface area (Å²) in [5.41, 5.74) is 1.86. The monoisotopic (exact) mass is 352 g/mol. The molecule has 23 heavy (non-hydrogen) atoms. The lowest BCUT2D eigenvalue weighted by atomic mass is 10.1. The van der Waals surface area contributed by atoms with Crippen molar-refractivity contribution in [1.82, 2.24) is 10.3 Å². The lowest BCUT2D eigenvalue weighted by Crippen LogP contribution is -2.28. The van der Waals surface area contributed by atoms with E-state index in [0.29, 0.717) is 5.75 Å². The van der Waals surface area contributed by atoms with E-state index in [0.717, 1.165) is 27.1 Å². The molecule has 0 aliphatic heterocycles. The number of carbonyl (C=O) groups is 1. The molecule has 0 saturated heterocycles. The number of nitrogens with zero attached hydrogens (tertiary/aromatic N) is 1. The van der Waals surface area contributed by atoms with E-state index in [1.165, 1.54) is 11.8 Å². The van der Waals surface area contributed by atoms with Crippen LogP contribution >= 0.6 is 23.1 Å². The minimum absolute atomic E-state index is 0.0415. The Balaban J connectivity index is 1.97. The van der Waals surface area contributed by atoms with E-state index in [1.807, 2.05) is 37.4 Å². The fraction of sp³-hybridized carbons (Fsp3) is 0.375. The Hall–Kier alpha value is -1.73. The van der Waals surface area contributed by atoms with Gasteiger partial charge in [-0.3, -0.25) is 4.79 Å². The molecule has 5 nitrogen and oxygen atoms in total. The first-order chi connectivity index (χ1) is 11.0. The molecular formula is C16H20N2O3S2. The van der Waals surface area contributed by atoms with Gasteiger partial charge in [0.2, 0.25) is 5.91 Å². The van der Waals surface area contributed by atoms with Crippen LogP contribution in [0, 0.1) is 6.92 Å². The van der Waals surface area contributed by atoms with Crippen molar-refractivity contribution in [3.05, 3.63) is 34.8 Å². The Morgan fingerprint density at radius 1 is 1.39 bits per heavy atom. The van der Waals surface area contributed by atoms with Crippen molar-refractivity contribution < 1.29 is 14.3 Å². The van der Waals surface area contributed by atoms with E-state index in [9.17, 15) is 4.79 Å². The maximum absolute atomic E-state index is 12.1. The van der Waals surface area contributed by atoms with E-state index < -0.39 is 0 Å². The van der Waals surface area contributed by atoms with Gasteiger partial charge in [-0.05, 0) is 32.0 Å². The normalized spacial score (nSPS) is 11.8. The lowest BCUT2D eigenvalue weighted by molar-refractivity contribution is -0.119. The Kier molecular flexibility index (Phi) is 6.29. The number of thiazole rings is 1. The minimum Gasteiger partial charge on any atom is -0.497 e. The van der Waals surface area contributed by atoms with Crippen LogP contribution in [0.5, 0.6) is 11.5 Å². The summed E-state index contributed by atoms with van der Waals surface area (Å²) < 4.78 is 11.5. The highest BCUT2D eigenvalue weighted by Gasteiger charge is 2.15. The fourth-order valence-electron chi connectivity index (χ4n) is 2.06. The van der Waals surface area contributed by atoms with Gasteiger partial charge in [-0.2, -0.15) is 0 Å². The average Bonchev–Trinajstić information content (AvgIpc) is 2.97. The lowest BCUT2D eigenvalue weighted by Gasteiger charge is -2.18. The molecule has 0 spiro atoms. The molecule has 1 aromatic heterocycles. The highest BCUT2D eigenvalue weighted by molar-refractivity contribution is 8.01. The van der Waals surface area contributed by atoms with Crippen LogP contribution in [0.1, 0.15) is 24.2 Å². The molecule has 0 bridgehead atoms. The third kappa shape index (κ3) is 4.87. The molecule has 0 aliphatic carbocycles. The second-order valence-electron chi connectivity index (χ2n) is 4.94. The van der Waals surface area contributed by atoms with E-state index in [2.05, 4.69) is 10.3 Å². The Labute approximate surface area is 144 Å². The second kappa shape index (κ2) is 8.21. The SMILES string of the molecule is COc1ccc(OC)c(C(C)NC(=O)CSc2nc(C)cs2)c1. The number of aryl methyl sites for hydroxylation is 1. The topological polar surface area (TPSA) is 60.5 Å². The first-order valence-corrected chi connectivity index (χ1v) is 8.96. The first-order valence-electron chi connectivity index (χ1n) is 7.09. The number of amides is 1. The van der Waals surface area contributed by atoms with Gasteiger partial charge in [0.25, 0.3) is 0 Å². The van der Waals surface area contributed by atoms with E-state index >= 15 is 0 Å². The van der Waals surface area contributed by atoms with Crippen molar-refractivity contribution >= 4 is 29.0 Å². The highest BCUT2D eigenvalue weighted by Crippen LogP contribution is 2.29. The van der Waals surface area contributed by atoms with Gasteiger partial charge in [0.05, 0.1) is 26.0 Å². The Morgan fingerprint density at radius 2 is 2.17 bits per heavy atom. The quantitative estimate of drug-likeness (QED) is 0.774. The van der Waals surface area contributed by atoms with E-state index in [-0.39, 0.29) is 11.9 Å². The van der Waals surface area contributed by atoms with Gasteiger partial charge in [-0.15, -0.1) is 11.3 Å². The number of hydrogen-bond acceptors (Lipinski definition) is 6. The molecule has 0 aliphatic rings. The number of thioether (sulfide) groups is 1. The van der Waals surface area contributed by atoms with Gasteiger partial charge in [-0.25, -0.2) is 4.98 Å². The van der Waals surface area contributed by atoms with Gasteiger partial charge in [-0.1, -0.05) is 11.8 Å². The predicted octanol–water partition coefficient (Wildman–Crippen LogP) is 3.44. The van der Waals surface area contributed by atoms with Crippen LogP contribution in [0.4, 0.5) is 0 Å². The maximum Gasteiger partial charge on any atom is 0.230 e. The number of ether oxygens (including phenoxy) is 2. The molecule has 1 aromatic carbocycles. The van der Waals surface area contributed by atoms with Crippen LogP contribution in [0.15, 0.2) is 27.9 Å². The number of benzene rings is 1. The van der Waals surface area contributed by atoms with Gasteiger partial charge < -0.3 is 14.8 Å². The molecular weight excluding hydrogens is 332 g/mol. The van der Waals surface area contributed by atoms with Crippen LogP contribution in [0.3, 0.4) is 0 Å². The largest absolute Gasteiger partial charge is 0.497 e. The summed E-state index contributed by atoms with van der Waals surface area (Å²) >= 11 is 3.00. The number of rotatable bonds is 7. The summed E-state index contributed by atoms with van der Waals surface area (Å²) in [6, 6.07) is 5.37. The molecule has 7 heteroatoms. The molecule has 2 aromatic rings. The third-order valence-corrected chi connectivity index (χ3v) is 5.34. The third-order valence-electron chi connectivity index (χ3n) is 3.21. The summed E-state index contributed by atoms with van der Waals surface area (Å²) in [5.74, 6) is 1.75.